The van der Waals surface area contributed by atoms with Crippen molar-refractivity contribution in [2.75, 3.05) is 6.26 Å². The number of sulfone groups is 1. The minimum atomic E-state index is -3.47. The fraction of sp³-hybridized carbons (Fsp3) is 0.0714. The molecule has 2 rings (SSSR count). The van der Waals surface area contributed by atoms with Crippen molar-refractivity contribution in [3.8, 4) is 11.5 Å². The van der Waals surface area contributed by atoms with Crippen LogP contribution in [0.1, 0.15) is 10.4 Å². The van der Waals surface area contributed by atoms with E-state index in [4.69, 9.17) is 4.74 Å². The number of hydrogen-bond acceptors (Lipinski definition) is 4. The van der Waals surface area contributed by atoms with Gasteiger partial charge < -0.3 is 9.84 Å². The average molecular weight is 418 g/mol. The number of aromatic carboxylic acids is 1. The number of benzene rings is 2. The number of halogens is 1. The standard InChI is InChI=1S/C14H11IO5S/c1-21(18,19)13-5-3-2-4-12(13)20-11-7-6-9(15)8-10(11)14(16)17/h2-8H,1H3,(H,16,17). The van der Waals surface area contributed by atoms with Crippen LogP contribution in [-0.4, -0.2) is 25.7 Å². The highest BCUT2D eigenvalue weighted by Gasteiger charge is 2.17. The van der Waals surface area contributed by atoms with Crippen molar-refractivity contribution < 1.29 is 23.1 Å². The molecule has 5 nitrogen and oxygen atoms in total. The highest BCUT2D eigenvalue weighted by molar-refractivity contribution is 14.1. The molecule has 0 atom stereocenters. The fourth-order valence-electron chi connectivity index (χ4n) is 1.72. The minimum Gasteiger partial charge on any atom is -0.478 e. The molecular formula is C14H11IO5S. The van der Waals surface area contributed by atoms with Crippen molar-refractivity contribution in [1.29, 1.82) is 0 Å². The van der Waals surface area contributed by atoms with E-state index in [9.17, 15) is 18.3 Å². The van der Waals surface area contributed by atoms with E-state index in [0.29, 0.717) is 0 Å². The molecule has 2 aromatic rings. The van der Waals surface area contributed by atoms with Crippen LogP contribution in [-0.2, 0) is 9.84 Å². The van der Waals surface area contributed by atoms with Crippen molar-refractivity contribution >= 4 is 38.4 Å². The molecule has 0 heterocycles. The van der Waals surface area contributed by atoms with E-state index in [0.717, 1.165) is 9.83 Å². The zero-order valence-corrected chi connectivity index (χ0v) is 13.9. The van der Waals surface area contributed by atoms with Crippen LogP contribution >= 0.6 is 22.6 Å². The molecule has 0 aliphatic heterocycles. The second kappa shape index (κ2) is 6.02. The van der Waals surface area contributed by atoms with Crippen molar-refractivity contribution in [2.24, 2.45) is 0 Å². The third kappa shape index (κ3) is 3.73. The fourth-order valence-corrected chi connectivity index (χ4v) is 3.01. The van der Waals surface area contributed by atoms with E-state index >= 15 is 0 Å². The van der Waals surface area contributed by atoms with Crippen LogP contribution in [0, 0.1) is 3.57 Å². The molecular weight excluding hydrogens is 407 g/mol. The molecule has 7 heteroatoms. The van der Waals surface area contributed by atoms with E-state index in [2.05, 4.69) is 0 Å². The van der Waals surface area contributed by atoms with E-state index < -0.39 is 15.8 Å². The summed E-state index contributed by atoms with van der Waals surface area (Å²) in [5.41, 5.74) is -0.0230. The maximum Gasteiger partial charge on any atom is 0.339 e. The Kier molecular flexibility index (Phi) is 4.52. The summed E-state index contributed by atoms with van der Waals surface area (Å²) in [7, 11) is -3.47. The molecule has 0 aliphatic rings. The summed E-state index contributed by atoms with van der Waals surface area (Å²) < 4.78 is 29.7. The lowest BCUT2D eigenvalue weighted by Crippen LogP contribution is -2.03. The first-order chi connectivity index (χ1) is 9.79. The van der Waals surface area contributed by atoms with Gasteiger partial charge in [0.25, 0.3) is 0 Å². The minimum absolute atomic E-state index is 0.0138. The Labute approximate surface area is 135 Å². The van der Waals surface area contributed by atoms with Gasteiger partial charge in [0.1, 0.15) is 22.0 Å². The van der Waals surface area contributed by atoms with Gasteiger partial charge >= 0.3 is 5.97 Å². The van der Waals surface area contributed by atoms with Crippen molar-refractivity contribution in [1.82, 2.24) is 0 Å². The summed E-state index contributed by atoms with van der Waals surface area (Å²) in [5, 5.41) is 9.20. The van der Waals surface area contributed by atoms with Crippen molar-refractivity contribution in [3.05, 3.63) is 51.6 Å². The average Bonchev–Trinajstić information content (AvgIpc) is 2.40. The second-order valence-electron chi connectivity index (χ2n) is 4.27. The first-order valence-corrected chi connectivity index (χ1v) is 8.76. The molecule has 0 saturated heterocycles. The lowest BCUT2D eigenvalue weighted by Gasteiger charge is -2.12. The number of para-hydroxylation sites is 1. The van der Waals surface area contributed by atoms with Gasteiger partial charge in [-0.25, -0.2) is 13.2 Å². The Morgan fingerprint density at radius 3 is 2.43 bits per heavy atom. The zero-order chi connectivity index (χ0) is 15.6. The number of ether oxygens (including phenoxy) is 1. The monoisotopic (exact) mass is 418 g/mol. The number of carboxylic acid groups (broad SMARTS) is 1. The molecule has 21 heavy (non-hydrogen) atoms. The van der Waals surface area contributed by atoms with Gasteiger partial charge in [-0.15, -0.1) is 0 Å². The topological polar surface area (TPSA) is 80.7 Å². The van der Waals surface area contributed by atoms with Crippen LogP contribution in [0.25, 0.3) is 0 Å². The van der Waals surface area contributed by atoms with Crippen LogP contribution in [0.3, 0.4) is 0 Å². The molecule has 0 aromatic heterocycles. The highest BCUT2D eigenvalue weighted by Crippen LogP contribution is 2.31. The summed E-state index contributed by atoms with van der Waals surface area (Å²) >= 11 is 1.99. The van der Waals surface area contributed by atoms with Gasteiger partial charge in [0, 0.05) is 9.83 Å². The Morgan fingerprint density at radius 1 is 1.14 bits per heavy atom. The van der Waals surface area contributed by atoms with Crippen molar-refractivity contribution in [3.63, 3.8) is 0 Å². The van der Waals surface area contributed by atoms with Gasteiger partial charge in [0.2, 0.25) is 0 Å². The Hall–Kier alpha value is -1.61. The molecule has 0 amide bonds. The molecule has 0 radical (unpaired) electrons. The highest BCUT2D eigenvalue weighted by atomic mass is 127. The Balaban J connectivity index is 2.52. The van der Waals surface area contributed by atoms with Crippen LogP contribution in [0.2, 0.25) is 0 Å². The van der Waals surface area contributed by atoms with E-state index in [1.165, 1.54) is 24.3 Å². The summed E-state index contributed by atoms with van der Waals surface area (Å²) in [6.45, 7) is 0. The predicted molar refractivity (Wildman–Crippen MR) is 85.7 cm³/mol. The summed E-state index contributed by atoms with van der Waals surface area (Å²) in [5.74, 6) is -0.942. The molecule has 2 aromatic carbocycles. The van der Waals surface area contributed by atoms with Crippen LogP contribution in [0.15, 0.2) is 47.4 Å². The number of hydrogen-bond donors (Lipinski definition) is 1. The smallest absolute Gasteiger partial charge is 0.339 e. The third-order valence-electron chi connectivity index (χ3n) is 2.64. The first kappa shape index (κ1) is 15.8. The number of carbonyl (C=O) groups is 1. The zero-order valence-electron chi connectivity index (χ0n) is 10.9. The predicted octanol–water partition coefficient (Wildman–Crippen LogP) is 3.19. The van der Waals surface area contributed by atoms with Gasteiger partial charge in [-0.1, -0.05) is 12.1 Å². The molecule has 0 spiro atoms. The Morgan fingerprint density at radius 2 is 1.81 bits per heavy atom. The van der Waals surface area contributed by atoms with Gasteiger partial charge in [-0.3, -0.25) is 0 Å². The van der Waals surface area contributed by atoms with E-state index in [1.54, 1.807) is 18.2 Å². The molecule has 0 fully saturated rings. The first-order valence-electron chi connectivity index (χ1n) is 5.79. The maximum atomic E-state index is 11.7. The van der Waals surface area contributed by atoms with Crippen LogP contribution < -0.4 is 4.74 Å². The maximum absolute atomic E-state index is 11.7. The second-order valence-corrected chi connectivity index (χ2v) is 7.50. The Bertz CT molecular complexity index is 799. The van der Waals surface area contributed by atoms with Crippen molar-refractivity contribution in [2.45, 2.75) is 4.90 Å². The molecule has 0 saturated carbocycles. The normalized spacial score (nSPS) is 11.1. The summed E-state index contributed by atoms with van der Waals surface area (Å²) in [6, 6.07) is 10.8. The number of carboxylic acids is 1. The molecule has 0 unspecified atom stereocenters. The van der Waals surface area contributed by atoms with Gasteiger partial charge in [0.05, 0.1) is 0 Å². The molecule has 1 N–H and O–H groups in total. The lowest BCUT2D eigenvalue weighted by molar-refractivity contribution is 0.0694. The van der Waals surface area contributed by atoms with Gasteiger partial charge in [-0.05, 0) is 52.9 Å². The molecule has 0 bridgehead atoms. The van der Waals surface area contributed by atoms with E-state index in [-0.39, 0.29) is 22.0 Å². The van der Waals surface area contributed by atoms with E-state index in [1.807, 2.05) is 22.6 Å². The third-order valence-corrected chi connectivity index (χ3v) is 4.45. The van der Waals surface area contributed by atoms with Gasteiger partial charge in [-0.2, -0.15) is 0 Å². The molecule has 110 valence electrons. The van der Waals surface area contributed by atoms with Crippen LogP contribution in [0.5, 0.6) is 11.5 Å². The largest absolute Gasteiger partial charge is 0.478 e. The van der Waals surface area contributed by atoms with Crippen LogP contribution in [0.4, 0.5) is 0 Å². The summed E-state index contributed by atoms with van der Waals surface area (Å²) in [6.07, 6.45) is 1.07. The number of rotatable bonds is 4. The summed E-state index contributed by atoms with van der Waals surface area (Å²) in [4.78, 5) is 11.3. The van der Waals surface area contributed by atoms with Gasteiger partial charge in [0.15, 0.2) is 9.84 Å². The molecule has 0 aliphatic carbocycles. The lowest BCUT2D eigenvalue weighted by atomic mass is 10.2. The SMILES string of the molecule is CS(=O)(=O)c1ccccc1Oc1ccc(I)cc1C(=O)O. The quantitative estimate of drug-likeness (QED) is 0.772.